The molecule has 36 heavy (non-hydrogen) atoms. The second-order valence-electron chi connectivity index (χ2n) is 8.38. The SMILES string of the molecule is COc1ccc(CN2C(=O)C(=O)/C(=C(/O)c3cc(OC)c(Cl)cc3OC)C2c2cccc(C)c2)cc1. The van der Waals surface area contributed by atoms with Crippen LogP contribution < -0.4 is 14.2 Å². The number of hydrogen-bond donors (Lipinski definition) is 1. The number of aliphatic hydroxyl groups excluding tert-OH is 1. The lowest BCUT2D eigenvalue weighted by Crippen LogP contribution is -2.29. The summed E-state index contributed by atoms with van der Waals surface area (Å²) in [5.74, 6) is -0.660. The number of carbonyl (C=O) groups excluding carboxylic acids is 2. The molecule has 1 N–H and O–H groups in total. The van der Waals surface area contributed by atoms with E-state index in [-0.39, 0.29) is 34.2 Å². The standard InChI is InChI=1S/C28H26ClNO6/c1-16-6-5-7-18(12-16)25-24(26(31)20-13-23(36-4)21(29)14-22(20)35-3)27(32)28(33)30(25)15-17-8-10-19(34-2)11-9-17/h5-14,25,31H,15H2,1-4H3/b26-24+. The number of methoxy groups -OCH3 is 3. The van der Waals surface area contributed by atoms with Crippen LogP contribution in [0.15, 0.2) is 66.2 Å². The van der Waals surface area contributed by atoms with Gasteiger partial charge in [0.15, 0.2) is 0 Å². The number of benzene rings is 3. The van der Waals surface area contributed by atoms with E-state index in [4.69, 9.17) is 25.8 Å². The van der Waals surface area contributed by atoms with Crippen molar-refractivity contribution in [1.29, 1.82) is 0 Å². The van der Waals surface area contributed by atoms with Crippen LogP contribution >= 0.6 is 11.6 Å². The van der Waals surface area contributed by atoms with Crippen molar-refractivity contribution in [3.05, 3.63) is 93.5 Å². The average molecular weight is 508 g/mol. The zero-order chi connectivity index (χ0) is 26.0. The van der Waals surface area contributed by atoms with Crippen LogP contribution in [0.4, 0.5) is 0 Å². The van der Waals surface area contributed by atoms with Crippen molar-refractivity contribution >= 4 is 29.1 Å². The van der Waals surface area contributed by atoms with Crippen LogP contribution in [0.3, 0.4) is 0 Å². The number of carbonyl (C=O) groups is 2. The first-order valence-electron chi connectivity index (χ1n) is 11.2. The molecule has 0 radical (unpaired) electrons. The molecule has 0 spiro atoms. The molecular formula is C28H26ClNO6. The van der Waals surface area contributed by atoms with Crippen LogP contribution in [-0.4, -0.2) is 43.0 Å². The van der Waals surface area contributed by atoms with E-state index in [1.807, 2.05) is 43.3 Å². The molecule has 3 aromatic rings. The number of likely N-dealkylation sites (tertiary alicyclic amines) is 1. The fourth-order valence-electron chi connectivity index (χ4n) is 4.35. The Hall–Kier alpha value is -3.97. The van der Waals surface area contributed by atoms with Crippen LogP contribution in [-0.2, 0) is 16.1 Å². The topological polar surface area (TPSA) is 85.3 Å². The summed E-state index contributed by atoms with van der Waals surface area (Å²) in [5, 5.41) is 11.7. The van der Waals surface area contributed by atoms with Crippen molar-refractivity contribution in [2.75, 3.05) is 21.3 Å². The third kappa shape index (κ3) is 4.62. The van der Waals surface area contributed by atoms with Crippen molar-refractivity contribution in [2.24, 2.45) is 0 Å². The van der Waals surface area contributed by atoms with E-state index < -0.39 is 17.7 Å². The molecule has 1 aliphatic rings. The number of hydrogen-bond acceptors (Lipinski definition) is 6. The van der Waals surface area contributed by atoms with Gasteiger partial charge in [0.05, 0.1) is 43.5 Å². The van der Waals surface area contributed by atoms with E-state index in [9.17, 15) is 14.7 Å². The molecular weight excluding hydrogens is 482 g/mol. The predicted molar refractivity (Wildman–Crippen MR) is 137 cm³/mol. The Morgan fingerprint density at radius 2 is 1.64 bits per heavy atom. The molecule has 186 valence electrons. The van der Waals surface area contributed by atoms with Crippen LogP contribution in [0.5, 0.6) is 17.2 Å². The molecule has 4 rings (SSSR count). The molecule has 3 aromatic carbocycles. The highest BCUT2D eigenvalue weighted by atomic mass is 35.5. The molecule has 0 saturated carbocycles. The first-order valence-corrected chi connectivity index (χ1v) is 11.6. The number of Topliss-reactive ketones (excluding diaryl/α,β-unsaturated/α-hetero) is 1. The van der Waals surface area contributed by atoms with Crippen LogP contribution in [0.25, 0.3) is 5.76 Å². The van der Waals surface area contributed by atoms with E-state index in [0.29, 0.717) is 17.1 Å². The monoisotopic (exact) mass is 507 g/mol. The van der Waals surface area contributed by atoms with Crippen molar-refractivity contribution in [3.63, 3.8) is 0 Å². The van der Waals surface area contributed by atoms with Gasteiger partial charge in [-0.25, -0.2) is 0 Å². The summed E-state index contributed by atoms with van der Waals surface area (Å²) in [5.41, 5.74) is 2.61. The van der Waals surface area contributed by atoms with Gasteiger partial charge in [-0.2, -0.15) is 0 Å². The molecule has 1 heterocycles. The normalized spacial score (nSPS) is 16.8. The molecule has 1 unspecified atom stereocenters. The maximum Gasteiger partial charge on any atom is 0.295 e. The number of rotatable bonds is 7. The van der Waals surface area contributed by atoms with Gasteiger partial charge in [-0.3, -0.25) is 9.59 Å². The quantitative estimate of drug-likeness (QED) is 0.265. The first kappa shape index (κ1) is 25.1. The predicted octanol–water partition coefficient (Wildman–Crippen LogP) is 5.30. The summed E-state index contributed by atoms with van der Waals surface area (Å²) >= 11 is 6.23. The van der Waals surface area contributed by atoms with E-state index in [1.165, 1.54) is 31.3 Å². The zero-order valence-corrected chi connectivity index (χ0v) is 21.1. The number of aryl methyl sites for hydroxylation is 1. The Kier molecular flexibility index (Phi) is 7.22. The van der Waals surface area contributed by atoms with Crippen molar-refractivity contribution in [3.8, 4) is 17.2 Å². The highest BCUT2D eigenvalue weighted by Crippen LogP contribution is 2.43. The summed E-state index contributed by atoms with van der Waals surface area (Å²) in [4.78, 5) is 28.2. The second-order valence-corrected chi connectivity index (χ2v) is 8.78. The lowest BCUT2D eigenvalue weighted by Gasteiger charge is -2.26. The molecule has 7 nitrogen and oxygen atoms in total. The molecule has 0 bridgehead atoms. The summed E-state index contributed by atoms with van der Waals surface area (Å²) in [6, 6.07) is 16.9. The summed E-state index contributed by atoms with van der Waals surface area (Å²) in [6.45, 7) is 2.08. The molecule has 1 amide bonds. The lowest BCUT2D eigenvalue weighted by atomic mass is 9.94. The maximum absolute atomic E-state index is 13.4. The van der Waals surface area contributed by atoms with Gasteiger partial charge < -0.3 is 24.2 Å². The maximum atomic E-state index is 13.4. The van der Waals surface area contributed by atoms with Crippen LogP contribution in [0.2, 0.25) is 5.02 Å². The van der Waals surface area contributed by atoms with Gasteiger partial charge in [0.2, 0.25) is 0 Å². The van der Waals surface area contributed by atoms with Gasteiger partial charge in [-0.1, -0.05) is 53.6 Å². The molecule has 1 atom stereocenters. The van der Waals surface area contributed by atoms with E-state index >= 15 is 0 Å². The Morgan fingerprint density at radius 1 is 0.944 bits per heavy atom. The highest BCUT2D eigenvalue weighted by molar-refractivity contribution is 6.46. The van der Waals surface area contributed by atoms with Gasteiger partial charge in [0, 0.05) is 12.6 Å². The van der Waals surface area contributed by atoms with Crippen molar-refractivity contribution in [2.45, 2.75) is 19.5 Å². The van der Waals surface area contributed by atoms with Crippen LogP contribution in [0.1, 0.15) is 28.3 Å². The first-order chi connectivity index (χ1) is 17.3. The lowest BCUT2D eigenvalue weighted by molar-refractivity contribution is -0.140. The summed E-state index contributed by atoms with van der Waals surface area (Å²) in [6.07, 6.45) is 0. The minimum absolute atomic E-state index is 0.0400. The number of nitrogens with zero attached hydrogens (tertiary/aromatic N) is 1. The number of ketones is 1. The number of halogens is 1. The van der Waals surface area contributed by atoms with E-state index in [2.05, 4.69) is 0 Å². The number of aliphatic hydroxyl groups is 1. The second kappa shape index (κ2) is 10.3. The fraction of sp³-hybridized carbons (Fsp3) is 0.214. The third-order valence-electron chi connectivity index (χ3n) is 6.14. The van der Waals surface area contributed by atoms with Gasteiger partial charge in [-0.05, 0) is 36.2 Å². The van der Waals surface area contributed by atoms with Gasteiger partial charge in [-0.15, -0.1) is 0 Å². The smallest absolute Gasteiger partial charge is 0.295 e. The van der Waals surface area contributed by atoms with Gasteiger partial charge in [0.1, 0.15) is 23.0 Å². The molecule has 1 fully saturated rings. The zero-order valence-electron chi connectivity index (χ0n) is 20.4. The van der Waals surface area contributed by atoms with Crippen LogP contribution in [0, 0.1) is 6.92 Å². The summed E-state index contributed by atoms with van der Waals surface area (Å²) < 4.78 is 15.9. The van der Waals surface area contributed by atoms with E-state index in [1.54, 1.807) is 19.2 Å². The Labute approximate surface area is 214 Å². The Balaban J connectivity index is 1.90. The minimum atomic E-state index is -0.821. The largest absolute Gasteiger partial charge is 0.507 e. The summed E-state index contributed by atoms with van der Waals surface area (Å²) in [7, 11) is 4.44. The van der Waals surface area contributed by atoms with Gasteiger partial charge >= 0.3 is 0 Å². The average Bonchev–Trinajstić information content (AvgIpc) is 3.13. The molecule has 1 aliphatic heterocycles. The van der Waals surface area contributed by atoms with Gasteiger partial charge in [0.25, 0.3) is 11.7 Å². The molecule has 0 aromatic heterocycles. The highest BCUT2D eigenvalue weighted by Gasteiger charge is 2.46. The Morgan fingerprint density at radius 3 is 2.25 bits per heavy atom. The molecule has 8 heteroatoms. The fourth-order valence-corrected chi connectivity index (χ4v) is 4.58. The minimum Gasteiger partial charge on any atom is -0.507 e. The number of amides is 1. The van der Waals surface area contributed by atoms with Crippen molar-refractivity contribution in [1.82, 2.24) is 4.90 Å². The van der Waals surface area contributed by atoms with Crippen molar-refractivity contribution < 1.29 is 28.9 Å². The third-order valence-corrected chi connectivity index (χ3v) is 6.43. The Bertz CT molecular complexity index is 1350. The number of ether oxygens (including phenoxy) is 3. The molecule has 0 aliphatic carbocycles. The molecule has 1 saturated heterocycles. The van der Waals surface area contributed by atoms with E-state index in [0.717, 1.165) is 11.1 Å².